The summed E-state index contributed by atoms with van der Waals surface area (Å²) in [5, 5.41) is 11.1. The number of nitrogens with one attached hydrogen (secondary N) is 1. The third kappa shape index (κ3) is 3.20. The van der Waals surface area contributed by atoms with Gasteiger partial charge in [0.15, 0.2) is 0 Å². The van der Waals surface area contributed by atoms with Crippen LogP contribution in [0.1, 0.15) is 17.2 Å². The number of benzene rings is 4. The number of amides is 3. The molecule has 3 amide bonds. The molecule has 0 aromatic heterocycles. The molecule has 7 heteroatoms. The zero-order valence-corrected chi connectivity index (χ0v) is 19.7. The number of anilines is 2. The molecule has 7 nitrogen and oxygen atoms in total. The van der Waals surface area contributed by atoms with E-state index in [9.17, 15) is 14.4 Å². The van der Waals surface area contributed by atoms with E-state index in [4.69, 9.17) is 0 Å². The second-order valence-corrected chi connectivity index (χ2v) is 9.59. The molecule has 3 heterocycles. The van der Waals surface area contributed by atoms with Crippen LogP contribution in [0.15, 0.2) is 102 Å². The van der Waals surface area contributed by atoms with Gasteiger partial charge in [-0.05, 0) is 46.2 Å². The SMILES string of the molecule is O=C(Nc1ccccc1)[C@@H]1[C@@H]2C(=O)N(c3ccc4ccccc4c3)C(=O)[C@@H]2[C@@H]2c3ccccc3C=NN12. The predicted molar refractivity (Wildman–Crippen MR) is 141 cm³/mol. The topological polar surface area (TPSA) is 82.1 Å². The molecule has 7 rings (SSSR count). The second kappa shape index (κ2) is 8.13. The number of hydrogen-bond acceptors (Lipinski definition) is 5. The Hall–Kier alpha value is -4.78. The monoisotopic (exact) mass is 486 g/mol. The number of rotatable bonds is 3. The van der Waals surface area contributed by atoms with Crippen molar-refractivity contribution >= 4 is 46.1 Å². The third-order valence-corrected chi connectivity index (χ3v) is 7.59. The lowest BCUT2D eigenvalue weighted by molar-refractivity contribution is -0.129. The molecule has 37 heavy (non-hydrogen) atoms. The molecule has 3 aliphatic rings. The highest BCUT2D eigenvalue weighted by Gasteiger charge is 2.65. The molecule has 0 saturated carbocycles. The smallest absolute Gasteiger partial charge is 0.249 e. The molecule has 0 spiro atoms. The fourth-order valence-corrected chi connectivity index (χ4v) is 5.98. The number of carbonyl (C=O) groups is 3. The molecule has 4 aromatic carbocycles. The molecule has 1 N–H and O–H groups in total. The Morgan fingerprint density at radius 1 is 0.757 bits per heavy atom. The molecule has 2 saturated heterocycles. The van der Waals surface area contributed by atoms with E-state index in [0.717, 1.165) is 21.9 Å². The zero-order valence-electron chi connectivity index (χ0n) is 19.7. The van der Waals surface area contributed by atoms with E-state index in [1.165, 1.54) is 4.90 Å². The highest BCUT2D eigenvalue weighted by atomic mass is 16.2. The van der Waals surface area contributed by atoms with Crippen LogP contribution >= 0.6 is 0 Å². The van der Waals surface area contributed by atoms with E-state index in [-0.39, 0.29) is 17.7 Å². The lowest BCUT2D eigenvalue weighted by Gasteiger charge is -2.33. The van der Waals surface area contributed by atoms with Gasteiger partial charge in [-0.1, -0.05) is 72.8 Å². The van der Waals surface area contributed by atoms with Crippen molar-refractivity contribution in [1.82, 2.24) is 5.01 Å². The summed E-state index contributed by atoms with van der Waals surface area (Å²) in [6.07, 6.45) is 1.70. The summed E-state index contributed by atoms with van der Waals surface area (Å²) < 4.78 is 0. The Morgan fingerprint density at radius 2 is 1.46 bits per heavy atom. The maximum Gasteiger partial charge on any atom is 0.249 e. The minimum absolute atomic E-state index is 0.304. The van der Waals surface area contributed by atoms with Crippen LogP contribution in [0.5, 0.6) is 0 Å². The molecular formula is C30H22N4O3. The van der Waals surface area contributed by atoms with Crippen molar-refractivity contribution in [3.05, 3.63) is 108 Å². The average molecular weight is 487 g/mol. The van der Waals surface area contributed by atoms with Gasteiger partial charge in [0.1, 0.15) is 6.04 Å². The second-order valence-electron chi connectivity index (χ2n) is 9.59. The van der Waals surface area contributed by atoms with Crippen molar-refractivity contribution in [3.8, 4) is 0 Å². The molecule has 3 aliphatic heterocycles. The van der Waals surface area contributed by atoms with Crippen LogP contribution < -0.4 is 10.2 Å². The predicted octanol–water partition coefficient (Wildman–Crippen LogP) is 4.36. The molecule has 0 aliphatic carbocycles. The van der Waals surface area contributed by atoms with E-state index in [1.54, 1.807) is 29.4 Å². The number of carbonyl (C=O) groups excluding carboxylic acids is 3. The number of fused-ring (bicyclic) bond motifs is 6. The Morgan fingerprint density at radius 3 is 2.30 bits per heavy atom. The van der Waals surface area contributed by atoms with Crippen molar-refractivity contribution in [2.75, 3.05) is 10.2 Å². The molecule has 0 unspecified atom stereocenters. The zero-order chi connectivity index (χ0) is 25.1. The van der Waals surface area contributed by atoms with Crippen LogP contribution in [-0.2, 0) is 14.4 Å². The van der Waals surface area contributed by atoms with Crippen LogP contribution in [0.4, 0.5) is 11.4 Å². The minimum Gasteiger partial charge on any atom is -0.324 e. The van der Waals surface area contributed by atoms with Gasteiger partial charge in [0.2, 0.25) is 17.7 Å². The number of hydrazone groups is 1. The molecule has 180 valence electrons. The van der Waals surface area contributed by atoms with Gasteiger partial charge in [-0.2, -0.15) is 5.10 Å². The van der Waals surface area contributed by atoms with E-state index in [2.05, 4.69) is 10.4 Å². The van der Waals surface area contributed by atoms with E-state index in [1.807, 2.05) is 78.9 Å². The largest absolute Gasteiger partial charge is 0.324 e. The molecule has 2 fully saturated rings. The average Bonchev–Trinajstić information content (AvgIpc) is 3.41. The van der Waals surface area contributed by atoms with Gasteiger partial charge in [-0.25, -0.2) is 4.90 Å². The van der Waals surface area contributed by atoms with Crippen molar-refractivity contribution in [3.63, 3.8) is 0 Å². The Kier molecular flexibility index (Phi) is 4.72. The Labute approximate surface area is 213 Å². The van der Waals surface area contributed by atoms with Crippen LogP contribution in [0, 0.1) is 11.8 Å². The van der Waals surface area contributed by atoms with Crippen molar-refractivity contribution in [2.45, 2.75) is 12.1 Å². The number of para-hydroxylation sites is 1. The van der Waals surface area contributed by atoms with Gasteiger partial charge in [-0.3, -0.25) is 19.4 Å². The summed E-state index contributed by atoms with van der Waals surface area (Å²) in [4.78, 5) is 43.0. The number of imide groups is 1. The van der Waals surface area contributed by atoms with Crippen molar-refractivity contribution in [2.24, 2.45) is 16.9 Å². The normalized spacial score (nSPS) is 23.7. The van der Waals surface area contributed by atoms with Gasteiger partial charge < -0.3 is 5.32 Å². The third-order valence-electron chi connectivity index (χ3n) is 7.59. The summed E-state index contributed by atoms with van der Waals surface area (Å²) in [5.41, 5.74) is 2.92. The van der Waals surface area contributed by atoms with Crippen molar-refractivity contribution < 1.29 is 14.4 Å². The van der Waals surface area contributed by atoms with Gasteiger partial charge in [-0.15, -0.1) is 0 Å². The first-order valence-corrected chi connectivity index (χ1v) is 12.3. The summed E-state index contributed by atoms with van der Waals surface area (Å²) in [7, 11) is 0. The Balaban J connectivity index is 1.33. The summed E-state index contributed by atoms with van der Waals surface area (Å²) >= 11 is 0. The summed E-state index contributed by atoms with van der Waals surface area (Å²) in [5.74, 6) is -2.63. The van der Waals surface area contributed by atoms with Crippen LogP contribution in [0.3, 0.4) is 0 Å². The van der Waals surface area contributed by atoms with E-state index in [0.29, 0.717) is 11.4 Å². The Bertz CT molecular complexity index is 1620. The molecule has 0 bridgehead atoms. The van der Waals surface area contributed by atoms with Crippen LogP contribution in [-0.4, -0.2) is 35.0 Å². The highest BCUT2D eigenvalue weighted by Crippen LogP contribution is 2.52. The van der Waals surface area contributed by atoms with Gasteiger partial charge in [0.25, 0.3) is 0 Å². The van der Waals surface area contributed by atoms with Crippen LogP contribution in [0.2, 0.25) is 0 Å². The fraction of sp³-hybridized carbons (Fsp3) is 0.133. The lowest BCUT2D eigenvalue weighted by atomic mass is 9.85. The first kappa shape index (κ1) is 21.5. The van der Waals surface area contributed by atoms with Gasteiger partial charge in [0.05, 0.1) is 29.8 Å². The standard InChI is InChI=1S/C30H22N4O3/c35-28(32-21-11-2-1-3-12-21)27-25-24(26-23-13-7-6-10-20(23)17-31-34(26)27)29(36)33(30(25)37)22-15-14-18-8-4-5-9-19(18)16-22/h1-17,24-27H,(H,32,35)/t24-,25+,26-,27-/m0/s1. The highest BCUT2D eigenvalue weighted by molar-refractivity contribution is 6.24. The minimum atomic E-state index is -0.929. The first-order chi connectivity index (χ1) is 18.1. The molecule has 4 atom stereocenters. The molecular weight excluding hydrogens is 464 g/mol. The first-order valence-electron chi connectivity index (χ1n) is 12.3. The fourth-order valence-electron chi connectivity index (χ4n) is 5.98. The van der Waals surface area contributed by atoms with E-state index >= 15 is 0 Å². The maximum absolute atomic E-state index is 14.0. The maximum atomic E-state index is 14.0. The summed E-state index contributed by atoms with van der Waals surface area (Å²) in [6, 6.07) is 28.7. The summed E-state index contributed by atoms with van der Waals surface area (Å²) in [6.45, 7) is 0. The van der Waals surface area contributed by atoms with Gasteiger partial charge in [0, 0.05) is 5.69 Å². The van der Waals surface area contributed by atoms with Crippen molar-refractivity contribution in [1.29, 1.82) is 0 Å². The number of hydrogen-bond donors (Lipinski definition) is 1. The quantitative estimate of drug-likeness (QED) is 0.437. The molecule has 0 radical (unpaired) electrons. The van der Waals surface area contributed by atoms with E-state index < -0.39 is 23.9 Å². The lowest BCUT2D eigenvalue weighted by Crippen LogP contribution is -2.46. The van der Waals surface area contributed by atoms with Crippen LogP contribution in [0.25, 0.3) is 10.8 Å². The van der Waals surface area contributed by atoms with Gasteiger partial charge >= 0.3 is 0 Å². The molecule has 4 aromatic rings. The number of nitrogens with zero attached hydrogens (tertiary/aromatic N) is 3.